The molecule has 0 aliphatic rings. The Kier molecular flexibility index (Phi) is 11.5. The van der Waals surface area contributed by atoms with Gasteiger partial charge in [-0.1, -0.05) is 6.92 Å². The molecule has 0 aliphatic carbocycles. The van der Waals surface area contributed by atoms with E-state index in [0.29, 0.717) is 0 Å². The van der Waals surface area contributed by atoms with Crippen LogP contribution in [0, 0.1) is 0 Å². The number of carboxylic acid groups (broad SMARTS) is 1. The Morgan fingerprint density at radius 1 is 0.600 bits per heavy atom. The van der Waals surface area contributed by atoms with E-state index in [-0.39, 0.29) is 18.9 Å². The van der Waals surface area contributed by atoms with E-state index in [1.165, 1.54) is 0 Å². The second kappa shape index (κ2) is 9.62. The van der Waals surface area contributed by atoms with Gasteiger partial charge in [0.2, 0.25) is 0 Å². The fraction of sp³-hybridized carbons (Fsp3) is 0.900. The largest absolute Gasteiger partial charge is 0.855 e. The third-order valence-electron chi connectivity index (χ3n) is 2.58. The fourth-order valence-corrected chi connectivity index (χ4v) is 1.09. The summed E-state index contributed by atoms with van der Waals surface area (Å²) in [5.74, 6) is -53.3. The highest BCUT2D eigenvalue weighted by Crippen LogP contribution is 2.62. The number of carbonyl (C=O) groups is 1. The normalized spacial score (nSPS) is 14.0. The number of halogens is 15. The van der Waals surface area contributed by atoms with Crippen LogP contribution in [0.15, 0.2) is 0 Å². The first-order valence-corrected chi connectivity index (χ1v) is 5.99. The van der Waals surface area contributed by atoms with E-state index in [2.05, 4.69) is 0 Å². The number of quaternary nitrogens is 2. The van der Waals surface area contributed by atoms with Crippen LogP contribution in [0.25, 0.3) is 0 Å². The van der Waals surface area contributed by atoms with Crippen molar-refractivity contribution in [2.45, 2.75) is 48.6 Å². The van der Waals surface area contributed by atoms with E-state index < -0.39 is 47.7 Å². The standard InChI is InChI=1S/C8HF15O2.C2H5O.2H3N/c9-2(10,1(24)25)3(11,12)4(13,14)5(15,16)6(17,18)7(19,20)8(21,22)23;1-2-3;;/h(H,24,25);2H2,1H3;2*1H3/q;-1;;/p+1. The molecule has 0 saturated heterocycles. The maximum absolute atomic E-state index is 12.8. The number of hydrogen-bond donors (Lipinski definition) is 2. The van der Waals surface area contributed by atoms with Crippen LogP contribution in [0.3, 0.4) is 0 Å². The van der Waals surface area contributed by atoms with Crippen molar-refractivity contribution in [2.24, 2.45) is 0 Å². The zero-order chi connectivity index (χ0) is 23.8. The van der Waals surface area contributed by atoms with Crippen LogP contribution in [0.4, 0.5) is 65.9 Å². The van der Waals surface area contributed by atoms with Gasteiger partial charge in [-0.15, -0.1) is 6.61 Å². The van der Waals surface area contributed by atoms with Gasteiger partial charge in [-0.05, 0) is 0 Å². The Bertz CT molecular complexity index is 561. The zero-order valence-electron chi connectivity index (χ0n) is 14.6. The molecule has 0 aromatic rings. The summed E-state index contributed by atoms with van der Waals surface area (Å²) in [4.78, 5) is 9.61. The molecule has 0 spiro atoms. The van der Waals surface area contributed by atoms with Gasteiger partial charge >= 0.3 is 41.7 Å². The smallest absolute Gasteiger partial charge is 0.460 e. The number of alkyl halides is 15. The highest BCUT2D eigenvalue weighted by atomic mass is 19.4. The third-order valence-corrected chi connectivity index (χ3v) is 2.58. The van der Waals surface area contributed by atoms with E-state index >= 15 is 0 Å². The van der Waals surface area contributed by atoms with Crippen molar-refractivity contribution in [1.82, 2.24) is 12.3 Å². The van der Waals surface area contributed by atoms with Gasteiger partial charge in [-0.3, -0.25) is 0 Å². The zero-order valence-corrected chi connectivity index (χ0v) is 14.6. The number of hydrogen-bond acceptors (Lipinski definition) is 3. The average molecular weight is 494 g/mol. The molecule has 0 aromatic carbocycles. The van der Waals surface area contributed by atoms with Gasteiger partial charge in [0, 0.05) is 0 Å². The van der Waals surface area contributed by atoms with Crippen molar-refractivity contribution in [3.8, 4) is 0 Å². The summed E-state index contributed by atoms with van der Waals surface area (Å²) in [5, 5.41) is 18.5. The molecule has 5 nitrogen and oxygen atoms in total. The minimum absolute atomic E-state index is 0. The molecule has 0 radical (unpaired) electrons. The maximum atomic E-state index is 12.8. The Balaban J connectivity index is -0.000000634. The minimum Gasteiger partial charge on any atom is -0.855 e. The van der Waals surface area contributed by atoms with Crippen molar-refractivity contribution in [3.63, 3.8) is 0 Å². The first-order valence-electron chi connectivity index (χ1n) is 5.99. The molecule has 0 aliphatic heterocycles. The topological polar surface area (TPSA) is 136 Å². The SMILES string of the molecule is CC[O-].O=C([O-])C(F)(F)C(F)(F)C(F)(F)C(F)(F)C(F)(F)C(F)(F)C(F)(F)F.[NH4+].[NH4+]. The maximum Gasteiger partial charge on any atom is 0.460 e. The van der Waals surface area contributed by atoms with E-state index in [0.717, 1.165) is 0 Å². The van der Waals surface area contributed by atoms with Gasteiger partial charge in [0.1, 0.15) is 5.97 Å². The first kappa shape index (κ1) is 35.7. The van der Waals surface area contributed by atoms with Crippen molar-refractivity contribution >= 4 is 5.97 Å². The third kappa shape index (κ3) is 4.95. The number of aliphatic carboxylic acids is 1. The van der Waals surface area contributed by atoms with Crippen molar-refractivity contribution < 1.29 is 80.9 Å². The molecule has 186 valence electrons. The fourth-order valence-electron chi connectivity index (χ4n) is 1.09. The second-order valence-corrected chi connectivity index (χ2v) is 4.52. The van der Waals surface area contributed by atoms with Crippen molar-refractivity contribution in [3.05, 3.63) is 0 Å². The summed E-state index contributed by atoms with van der Waals surface area (Å²) >= 11 is 0. The molecule has 0 saturated carbocycles. The molecular formula is C10H13F15N2O3. The molecule has 30 heavy (non-hydrogen) atoms. The lowest BCUT2D eigenvalue weighted by Crippen LogP contribution is -2.74. The van der Waals surface area contributed by atoms with Crippen LogP contribution >= 0.6 is 0 Å². The van der Waals surface area contributed by atoms with Crippen LogP contribution in [-0.2, 0) is 4.79 Å². The Hall–Kier alpha value is -1.70. The predicted molar refractivity (Wildman–Crippen MR) is 63.3 cm³/mol. The lowest BCUT2D eigenvalue weighted by molar-refractivity contribution is -0.454. The molecule has 0 amide bonds. The van der Waals surface area contributed by atoms with Gasteiger partial charge in [0.15, 0.2) is 0 Å². The quantitative estimate of drug-likeness (QED) is 0.549. The number of rotatable bonds is 6. The van der Waals surface area contributed by atoms with Gasteiger partial charge in [0.25, 0.3) is 0 Å². The van der Waals surface area contributed by atoms with Crippen LogP contribution < -0.4 is 22.5 Å². The average Bonchev–Trinajstić information content (AvgIpc) is 2.45. The van der Waals surface area contributed by atoms with E-state index in [4.69, 9.17) is 5.11 Å². The minimum atomic E-state index is -8.50. The Morgan fingerprint density at radius 2 is 0.800 bits per heavy atom. The molecule has 0 unspecified atom stereocenters. The van der Waals surface area contributed by atoms with Crippen LogP contribution in [-0.4, -0.2) is 54.3 Å². The molecule has 0 heterocycles. The molecule has 20 heteroatoms. The summed E-state index contributed by atoms with van der Waals surface area (Å²) < 4.78 is 186. The highest BCUT2D eigenvalue weighted by Gasteiger charge is 2.93. The highest BCUT2D eigenvalue weighted by molar-refractivity contribution is 5.75. The predicted octanol–water partition coefficient (Wildman–Crippen LogP) is 3.23. The first-order chi connectivity index (χ1) is 11.9. The molecule has 0 atom stereocenters. The van der Waals surface area contributed by atoms with Crippen LogP contribution in [0.2, 0.25) is 0 Å². The molecule has 0 rings (SSSR count). The van der Waals surface area contributed by atoms with Crippen LogP contribution in [0.5, 0.6) is 0 Å². The molecular weight excluding hydrogens is 481 g/mol. The monoisotopic (exact) mass is 494 g/mol. The lowest BCUT2D eigenvalue weighted by atomic mass is 9.91. The second-order valence-electron chi connectivity index (χ2n) is 4.52. The summed E-state index contributed by atoms with van der Waals surface area (Å²) in [7, 11) is 0. The van der Waals surface area contributed by atoms with Crippen LogP contribution in [0.1, 0.15) is 6.92 Å². The number of carboxylic acids is 1. The summed E-state index contributed by atoms with van der Waals surface area (Å²) in [6.45, 7) is 1.57. The summed E-state index contributed by atoms with van der Waals surface area (Å²) in [6, 6.07) is 0. The van der Waals surface area contributed by atoms with Crippen molar-refractivity contribution in [1.29, 1.82) is 0 Å². The van der Waals surface area contributed by atoms with Gasteiger partial charge in [0.05, 0.1) is 0 Å². The van der Waals surface area contributed by atoms with Gasteiger partial charge < -0.3 is 27.3 Å². The summed E-state index contributed by atoms with van der Waals surface area (Å²) in [5.41, 5.74) is 0. The molecule has 8 N–H and O–H groups in total. The lowest BCUT2D eigenvalue weighted by Gasteiger charge is -2.41. The molecule has 0 fully saturated rings. The van der Waals surface area contributed by atoms with E-state index in [1.54, 1.807) is 6.92 Å². The molecule has 0 bridgehead atoms. The van der Waals surface area contributed by atoms with E-state index in [1.807, 2.05) is 0 Å². The van der Waals surface area contributed by atoms with E-state index in [9.17, 15) is 75.8 Å². The Morgan fingerprint density at radius 3 is 1.00 bits per heavy atom. The van der Waals surface area contributed by atoms with Gasteiger partial charge in [-0.25, -0.2) is 0 Å². The summed E-state index contributed by atoms with van der Waals surface area (Å²) in [6.07, 6.45) is -7.71. The number of carbonyl (C=O) groups excluding carboxylic acids is 1. The van der Waals surface area contributed by atoms with Gasteiger partial charge in [-0.2, -0.15) is 65.9 Å². The molecule has 0 aromatic heterocycles. The van der Waals surface area contributed by atoms with Crippen molar-refractivity contribution in [2.75, 3.05) is 6.61 Å². The Labute approximate surface area is 156 Å².